The molecule has 0 amide bonds. The zero-order valence-electron chi connectivity index (χ0n) is 15.0. The zero-order valence-corrected chi connectivity index (χ0v) is 15.9. The van der Waals surface area contributed by atoms with Gasteiger partial charge in [0.05, 0.1) is 14.2 Å². The predicted molar refractivity (Wildman–Crippen MR) is 111 cm³/mol. The first-order valence-corrected chi connectivity index (χ1v) is 9.10. The molecule has 2 aromatic carbocycles. The Balaban J connectivity index is 1.71. The van der Waals surface area contributed by atoms with Crippen LogP contribution >= 0.6 is 11.3 Å². The lowest BCUT2D eigenvalue weighted by molar-refractivity contribution is 0.373. The highest BCUT2D eigenvalue weighted by Crippen LogP contribution is 2.29. The maximum atomic E-state index is 9.65. The second-order valence-corrected chi connectivity index (χ2v) is 6.92. The van der Waals surface area contributed by atoms with Crippen LogP contribution in [0.25, 0.3) is 24.3 Å². The van der Waals surface area contributed by atoms with Gasteiger partial charge in [-0.15, -0.1) is 11.3 Å². The number of hydrogen-bond donors (Lipinski definition) is 2. The molecule has 0 saturated heterocycles. The summed E-state index contributed by atoms with van der Waals surface area (Å²) in [6.07, 6.45) is 8.01. The highest BCUT2D eigenvalue weighted by molar-refractivity contribution is 7.13. The van der Waals surface area contributed by atoms with Crippen LogP contribution < -0.4 is 9.47 Å². The number of benzene rings is 2. The van der Waals surface area contributed by atoms with Crippen molar-refractivity contribution in [3.8, 4) is 23.0 Å². The highest BCUT2D eigenvalue weighted by atomic mass is 32.1. The average Bonchev–Trinajstić information content (AvgIpc) is 3.14. The van der Waals surface area contributed by atoms with Crippen molar-refractivity contribution in [1.82, 2.24) is 0 Å². The molecule has 3 aromatic rings. The molecule has 2 N–H and O–H groups in total. The Hall–Kier alpha value is -3.18. The Morgan fingerprint density at radius 2 is 1.11 bits per heavy atom. The van der Waals surface area contributed by atoms with Crippen molar-refractivity contribution in [2.24, 2.45) is 0 Å². The molecular weight excluding hydrogens is 360 g/mol. The minimum atomic E-state index is 0.129. The molecule has 0 saturated carbocycles. The summed E-state index contributed by atoms with van der Waals surface area (Å²) in [7, 11) is 3.06. The van der Waals surface area contributed by atoms with Crippen molar-refractivity contribution in [2.75, 3.05) is 14.2 Å². The number of hydrogen-bond acceptors (Lipinski definition) is 5. The Morgan fingerprint density at radius 1 is 0.667 bits per heavy atom. The third kappa shape index (κ3) is 4.71. The Kier molecular flexibility index (Phi) is 5.84. The third-order valence-corrected chi connectivity index (χ3v) is 4.95. The summed E-state index contributed by atoms with van der Waals surface area (Å²) in [5.74, 6) is 1.17. The van der Waals surface area contributed by atoms with E-state index in [1.807, 2.05) is 36.4 Å². The largest absolute Gasteiger partial charge is 0.504 e. The summed E-state index contributed by atoms with van der Waals surface area (Å²) >= 11 is 1.66. The molecule has 0 atom stereocenters. The molecule has 0 bridgehead atoms. The molecule has 0 unspecified atom stereocenters. The van der Waals surface area contributed by atoms with Gasteiger partial charge in [0.15, 0.2) is 23.0 Å². The van der Waals surface area contributed by atoms with E-state index in [2.05, 4.69) is 12.1 Å². The minimum absolute atomic E-state index is 0.129. The van der Waals surface area contributed by atoms with Crippen LogP contribution in [0.1, 0.15) is 20.9 Å². The van der Waals surface area contributed by atoms with Crippen molar-refractivity contribution in [3.05, 3.63) is 69.4 Å². The molecule has 0 fully saturated rings. The molecule has 3 rings (SSSR count). The molecule has 1 aromatic heterocycles. The van der Waals surface area contributed by atoms with E-state index in [-0.39, 0.29) is 11.5 Å². The molecule has 27 heavy (non-hydrogen) atoms. The van der Waals surface area contributed by atoms with Gasteiger partial charge in [-0.2, -0.15) is 0 Å². The molecule has 5 heteroatoms. The van der Waals surface area contributed by atoms with Gasteiger partial charge in [0.2, 0.25) is 0 Å². The summed E-state index contributed by atoms with van der Waals surface area (Å²) in [6.45, 7) is 0. The van der Waals surface area contributed by atoms with Gasteiger partial charge in [0.1, 0.15) is 0 Å². The maximum Gasteiger partial charge on any atom is 0.161 e. The van der Waals surface area contributed by atoms with E-state index in [1.54, 1.807) is 35.6 Å². The minimum Gasteiger partial charge on any atom is -0.504 e. The fraction of sp³-hybridized carbons (Fsp3) is 0.0909. The lowest BCUT2D eigenvalue weighted by atomic mass is 10.2. The van der Waals surface area contributed by atoms with Crippen LogP contribution in [0.4, 0.5) is 0 Å². The standard InChI is InChI=1S/C22H20O4S/c1-25-21-13-15(5-11-19(21)23)3-7-17-9-10-18(27-17)8-4-16-6-12-20(24)22(14-16)26-2/h3-14,23-24H,1-2H3/b7-3+,8-4+. The second kappa shape index (κ2) is 8.47. The van der Waals surface area contributed by atoms with Crippen LogP contribution in [0.15, 0.2) is 48.5 Å². The van der Waals surface area contributed by atoms with E-state index in [4.69, 9.17) is 9.47 Å². The van der Waals surface area contributed by atoms with Crippen LogP contribution in [-0.2, 0) is 0 Å². The van der Waals surface area contributed by atoms with Crippen LogP contribution in [0.3, 0.4) is 0 Å². The van der Waals surface area contributed by atoms with Crippen molar-refractivity contribution in [3.63, 3.8) is 0 Å². The van der Waals surface area contributed by atoms with Gasteiger partial charge in [-0.05, 0) is 59.7 Å². The topological polar surface area (TPSA) is 58.9 Å². The smallest absolute Gasteiger partial charge is 0.161 e. The van der Waals surface area contributed by atoms with Gasteiger partial charge >= 0.3 is 0 Å². The Morgan fingerprint density at radius 3 is 1.52 bits per heavy atom. The molecule has 0 spiro atoms. The highest BCUT2D eigenvalue weighted by Gasteiger charge is 2.02. The van der Waals surface area contributed by atoms with Crippen LogP contribution in [0, 0.1) is 0 Å². The van der Waals surface area contributed by atoms with E-state index >= 15 is 0 Å². The van der Waals surface area contributed by atoms with E-state index < -0.39 is 0 Å². The maximum absolute atomic E-state index is 9.65. The molecule has 138 valence electrons. The third-order valence-electron chi connectivity index (χ3n) is 3.94. The molecule has 1 heterocycles. The van der Waals surface area contributed by atoms with Gasteiger partial charge < -0.3 is 19.7 Å². The number of aromatic hydroxyl groups is 2. The SMILES string of the molecule is COc1cc(/C=C/c2ccc(/C=C/c3ccc(O)c(OC)c3)s2)ccc1O. The molecule has 0 aliphatic rings. The number of methoxy groups -OCH3 is 2. The number of ether oxygens (including phenoxy) is 2. The van der Waals surface area contributed by atoms with Crippen molar-refractivity contribution >= 4 is 35.6 Å². The first-order valence-electron chi connectivity index (χ1n) is 8.29. The van der Waals surface area contributed by atoms with E-state index in [1.165, 1.54) is 14.2 Å². The lowest BCUT2D eigenvalue weighted by Gasteiger charge is -2.03. The monoisotopic (exact) mass is 380 g/mol. The van der Waals surface area contributed by atoms with Crippen molar-refractivity contribution < 1.29 is 19.7 Å². The second-order valence-electron chi connectivity index (χ2n) is 5.77. The van der Waals surface area contributed by atoms with Gasteiger partial charge in [-0.3, -0.25) is 0 Å². The summed E-state index contributed by atoms with van der Waals surface area (Å²) in [5.41, 5.74) is 1.90. The summed E-state index contributed by atoms with van der Waals surface area (Å²) in [5, 5.41) is 19.3. The van der Waals surface area contributed by atoms with Crippen molar-refractivity contribution in [2.45, 2.75) is 0 Å². The fourth-order valence-electron chi connectivity index (χ4n) is 2.50. The zero-order chi connectivity index (χ0) is 19.2. The van der Waals surface area contributed by atoms with E-state index in [0.717, 1.165) is 20.9 Å². The Labute approximate surface area is 162 Å². The quantitative estimate of drug-likeness (QED) is 0.591. The van der Waals surface area contributed by atoms with Crippen molar-refractivity contribution in [1.29, 1.82) is 0 Å². The summed E-state index contributed by atoms with van der Waals surface area (Å²) in [4.78, 5) is 2.23. The van der Waals surface area contributed by atoms with Crippen LogP contribution in [0.2, 0.25) is 0 Å². The van der Waals surface area contributed by atoms with Gasteiger partial charge in [0, 0.05) is 9.75 Å². The van der Waals surface area contributed by atoms with E-state index in [0.29, 0.717) is 11.5 Å². The van der Waals surface area contributed by atoms with Crippen LogP contribution in [-0.4, -0.2) is 24.4 Å². The Bertz CT molecular complexity index is 908. The number of phenols is 2. The van der Waals surface area contributed by atoms with Gasteiger partial charge in [0.25, 0.3) is 0 Å². The fourth-order valence-corrected chi connectivity index (χ4v) is 3.32. The van der Waals surface area contributed by atoms with Gasteiger partial charge in [-0.1, -0.05) is 24.3 Å². The molecule has 0 aliphatic heterocycles. The summed E-state index contributed by atoms with van der Waals surface area (Å²) < 4.78 is 10.2. The normalized spacial score (nSPS) is 11.3. The molecule has 0 radical (unpaired) electrons. The summed E-state index contributed by atoms with van der Waals surface area (Å²) in [6, 6.07) is 14.6. The number of phenolic OH excluding ortho intramolecular Hbond substituents is 2. The molecule has 0 aliphatic carbocycles. The molecular formula is C22H20O4S. The first kappa shape index (κ1) is 18.6. The number of thiophene rings is 1. The van der Waals surface area contributed by atoms with Crippen LogP contribution in [0.5, 0.6) is 23.0 Å². The molecule has 4 nitrogen and oxygen atoms in total. The average molecular weight is 380 g/mol. The first-order chi connectivity index (χ1) is 13.1. The lowest BCUT2D eigenvalue weighted by Crippen LogP contribution is -1.83. The number of rotatable bonds is 6. The van der Waals surface area contributed by atoms with E-state index in [9.17, 15) is 10.2 Å². The van der Waals surface area contributed by atoms with Gasteiger partial charge in [-0.25, -0.2) is 0 Å². The predicted octanol–water partition coefficient (Wildman–Crippen LogP) is 5.52.